The van der Waals surface area contributed by atoms with Crippen LogP contribution in [0.5, 0.6) is 11.5 Å². The first-order chi connectivity index (χ1) is 8.49. The molecule has 0 spiro atoms. The third-order valence-corrected chi connectivity index (χ3v) is 2.91. The largest absolute Gasteiger partial charge is 0.497 e. The smallest absolute Gasteiger partial charge is 0.303 e. The number of benzene rings is 1. The molecule has 1 rings (SSSR count). The second kappa shape index (κ2) is 6.26. The van der Waals surface area contributed by atoms with Crippen molar-refractivity contribution >= 4 is 5.97 Å². The molecule has 0 saturated carbocycles. The van der Waals surface area contributed by atoms with Crippen molar-refractivity contribution in [3.05, 3.63) is 23.8 Å². The Morgan fingerprint density at radius 2 is 2.06 bits per heavy atom. The second-order valence-corrected chi connectivity index (χ2v) is 4.21. The second-order valence-electron chi connectivity index (χ2n) is 4.21. The monoisotopic (exact) mass is 253 g/mol. The molecule has 0 amide bonds. The summed E-state index contributed by atoms with van der Waals surface area (Å²) in [7, 11) is 3.12. The van der Waals surface area contributed by atoms with E-state index in [9.17, 15) is 4.79 Å². The average Bonchev–Trinajstić information content (AvgIpc) is 2.36. The van der Waals surface area contributed by atoms with Crippen LogP contribution in [-0.4, -0.2) is 25.3 Å². The molecule has 0 radical (unpaired) electrons. The maximum Gasteiger partial charge on any atom is 0.303 e. The Bertz CT molecular complexity index is 419. The molecule has 0 aliphatic carbocycles. The molecule has 18 heavy (non-hydrogen) atoms. The number of aliphatic carboxylic acids is 1. The van der Waals surface area contributed by atoms with E-state index >= 15 is 0 Å². The number of carboxylic acid groups (broad SMARTS) is 1. The minimum absolute atomic E-state index is 0.0242. The topological polar surface area (TPSA) is 81.8 Å². The molecular formula is C13H19NO4. The zero-order chi connectivity index (χ0) is 13.7. The van der Waals surface area contributed by atoms with E-state index in [1.807, 2.05) is 6.92 Å². The molecule has 5 nitrogen and oxygen atoms in total. The van der Waals surface area contributed by atoms with E-state index in [2.05, 4.69) is 0 Å². The summed E-state index contributed by atoms with van der Waals surface area (Å²) in [4.78, 5) is 10.7. The Balaban J connectivity index is 2.97. The number of nitrogens with two attached hydrogens (primary N) is 1. The van der Waals surface area contributed by atoms with Crippen LogP contribution in [0.25, 0.3) is 0 Å². The van der Waals surface area contributed by atoms with Gasteiger partial charge in [-0.15, -0.1) is 0 Å². The molecule has 0 fully saturated rings. The lowest BCUT2D eigenvalue weighted by Gasteiger charge is -2.21. The van der Waals surface area contributed by atoms with Gasteiger partial charge in [-0.1, -0.05) is 13.0 Å². The molecule has 100 valence electrons. The Hall–Kier alpha value is -1.75. The van der Waals surface area contributed by atoms with Crippen LogP contribution < -0.4 is 15.2 Å². The summed E-state index contributed by atoms with van der Waals surface area (Å²) in [6.07, 6.45) is 0.0242. The summed E-state index contributed by atoms with van der Waals surface area (Å²) in [5.41, 5.74) is 6.85. The number of hydrogen-bond donors (Lipinski definition) is 2. The fraction of sp³-hybridized carbons (Fsp3) is 0.462. The summed E-state index contributed by atoms with van der Waals surface area (Å²) in [6, 6.07) is 4.94. The number of carbonyl (C=O) groups is 1. The van der Waals surface area contributed by atoms with E-state index in [0.717, 1.165) is 5.56 Å². The van der Waals surface area contributed by atoms with Crippen LogP contribution in [0.4, 0.5) is 0 Å². The average molecular weight is 253 g/mol. The summed E-state index contributed by atoms with van der Waals surface area (Å²) >= 11 is 0. The van der Waals surface area contributed by atoms with Gasteiger partial charge in [0.15, 0.2) is 0 Å². The molecule has 1 aromatic rings. The number of ether oxygens (including phenoxy) is 2. The van der Waals surface area contributed by atoms with Gasteiger partial charge < -0.3 is 20.3 Å². The van der Waals surface area contributed by atoms with E-state index < -0.39 is 5.97 Å². The third kappa shape index (κ3) is 3.37. The van der Waals surface area contributed by atoms with Gasteiger partial charge in [-0.2, -0.15) is 0 Å². The minimum atomic E-state index is -0.856. The highest BCUT2D eigenvalue weighted by atomic mass is 16.5. The van der Waals surface area contributed by atoms with Crippen molar-refractivity contribution < 1.29 is 19.4 Å². The maximum atomic E-state index is 10.7. The van der Waals surface area contributed by atoms with Crippen molar-refractivity contribution in [1.29, 1.82) is 0 Å². The van der Waals surface area contributed by atoms with Crippen LogP contribution >= 0.6 is 0 Å². The van der Waals surface area contributed by atoms with Gasteiger partial charge >= 0.3 is 5.97 Å². The fourth-order valence-electron chi connectivity index (χ4n) is 1.80. The first-order valence-electron chi connectivity index (χ1n) is 5.69. The van der Waals surface area contributed by atoms with Gasteiger partial charge in [0.25, 0.3) is 0 Å². The van der Waals surface area contributed by atoms with Crippen molar-refractivity contribution in [2.45, 2.75) is 19.4 Å². The maximum absolute atomic E-state index is 10.7. The molecule has 0 heterocycles. The molecule has 0 aliphatic heterocycles. The first-order valence-corrected chi connectivity index (χ1v) is 5.69. The Kier molecular flexibility index (Phi) is 4.97. The van der Waals surface area contributed by atoms with Gasteiger partial charge in [-0.25, -0.2) is 0 Å². The minimum Gasteiger partial charge on any atom is -0.497 e. The molecule has 1 aromatic carbocycles. The molecular weight excluding hydrogens is 234 g/mol. The number of hydrogen-bond acceptors (Lipinski definition) is 4. The van der Waals surface area contributed by atoms with Crippen molar-refractivity contribution in [2.24, 2.45) is 11.7 Å². The van der Waals surface area contributed by atoms with Crippen LogP contribution in [0.1, 0.15) is 24.9 Å². The molecule has 0 bridgehead atoms. The van der Waals surface area contributed by atoms with E-state index in [1.54, 1.807) is 32.4 Å². The molecule has 0 aromatic heterocycles. The molecule has 2 unspecified atom stereocenters. The summed E-state index contributed by atoms with van der Waals surface area (Å²) in [6.45, 7) is 1.81. The van der Waals surface area contributed by atoms with Gasteiger partial charge in [0.2, 0.25) is 0 Å². The number of methoxy groups -OCH3 is 2. The standard InChI is InChI=1S/C13H19NO4/c1-8(6-12(15)16)13(14)10-5-4-9(17-2)7-11(10)18-3/h4-5,7-8,13H,6,14H2,1-3H3,(H,15,16). The van der Waals surface area contributed by atoms with Gasteiger partial charge in [0, 0.05) is 24.1 Å². The first kappa shape index (κ1) is 14.3. The highest BCUT2D eigenvalue weighted by molar-refractivity contribution is 5.67. The van der Waals surface area contributed by atoms with Gasteiger partial charge in [-0.05, 0) is 12.0 Å². The lowest BCUT2D eigenvalue weighted by molar-refractivity contribution is -0.138. The van der Waals surface area contributed by atoms with Crippen LogP contribution in [0.3, 0.4) is 0 Å². The van der Waals surface area contributed by atoms with E-state index in [0.29, 0.717) is 11.5 Å². The molecule has 3 N–H and O–H groups in total. The molecule has 2 atom stereocenters. The van der Waals surface area contributed by atoms with Crippen LogP contribution in [0.15, 0.2) is 18.2 Å². The molecule has 0 aliphatic rings. The lowest BCUT2D eigenvalue weighted by atomic mass is 9.92. The summed E-state index contributed by atoms with van der Waals surface area (Å²) in [5, 5.41) is 8.78. The summed E-state index contributed by atoms with van der Waals surface area (Å²) < 4.78 is 10.4. The predicted molar refractivity (Wildman–Crippen MR) is 67.9 cm³/mol. The molecule has 5 heteroatoms. The fourth-order valence-corrected chi connectivity index (χ4v) is 1.80. The van der Waals surface area contributed by atoms with Crippen LogP contribution in [-0.2, 0) is 4.79 Å². The van der Waals surface area contributed by atoms with Gasteiger partial charge in [0.1, 0.15) is 11.5 Å². The summed E-state index contributed by atoms with van der Waals surface area (Å²) in [5.74, 6) is 0.253. The Morgan fingerprint density at radius 1 is 1.39 bits per heavy atom. The highest BCUT2D eigenvalue weighted by Gasteiger charge is 2.21. The zero-order valence-corrected chi connectivity index (χ0v) is 10.8. The van der Waals surface area contributed by atoms with Crippen molar-refractivity contribution in [2.75, 3.05) is 14.2 Å². The van der Waals surface area contributed by atoms with Crippen molar-refractivity contribution in [1.82, 2.24) is 0 Å². The predicted octanol–water partition coefficient (Wildman–Crippen LogP) is 1.81. The van der Waals surface area contributed by atoms with Crippen molar-refractivity contribution in [3.8, 4) is 11.5 Å². The van der Waals surface area contributed by atoms with Crippen molar-refractivity contribution in [3.63, 3.8) is 0 Å². The number of rotatable bonds is 6. The lowest BCUT2D eigenvalue weighted by Crippen LogP contribution is -2.22. The van der Waals surface area contributed by atoms with E-state index in [1.165, 1.54) is 0 Å². The molecule has 0 saturated heterocycles. The SMILES string of the molecule is COc1ccc(C(N)C(C)CC(=O)O)c(OC)c1. The Labute approximate surface area is 107 Å². The van der Waals surface area contributed by atoms with Crippen LogP contribution in [0.2, 0.25) is 0 Å². The van der Waals surface area contributed by atoms with Gasteiger partial charge in [0.05, 0.1) is 14.2 Å². The normalized spacial score (nSPS) is 13.8. The third-order valence-electron chi connectivity index (χ3n) is 2.91. The zero-order valence-electron chi connectivity index (χ0n) is 10.8. The van der Waals surface area contributed by atoms with E-state index in [-0.39, 0.29) is 18.4 Å². The highest BCUT2D eigenvalue weighted by Crippen LogP contribution is 2.32. The van der Waals surface area contributed by atoms with Crippen LogP contribution in [0, 0.1) is 5.92 Å². The quantitative estimate of drug-likeness (QED) is 0.808. The Morgan fingerprint density at radius 3 is 2.56 bits per heavy atom. The number of carboxylic acids is 1. The van der Waals surface area contributed by atoms with E-state index in [4.69, 9.17) is 20.3 Å². The van der Waals surface area contributed by atoms with Gasteiger partial charge in [-0.3, -0.25) is 4.79 Å².